The summed E-state index contributed by atoms with van der Waals surface area (Å²) in [7, 11) is 0. The third-order valence-electron chi connectivity index (χ3n) is 2.59. The van der Waals surface area contributed by atoms with E-state index in [0.29, 0.717) is 0 Å². The Morgan fingerprint density at radius 2 is 2.17 bits per heavy atom. The molecule has 2 aromatic rings. The van der Waals surface area contributed by atoms with Crippen LogP contribution >= 0.6 is 0 Å². The van der Waals surface area contributed by atoms with Crippen molar-refractivity contribution >= 4 is 5.97 Å². The van der Waals surface area contributed by atoms with Gasteiger partial charge >= 0.3 is 5.97 Å². The smallest absolute Gasteiger partial charge is 0.360 e. The number of aromatic carboxylic acids is 1. The fraction of sp³-hybridized carbons (Fsp3) is 0.154. The monoisotopic (exact) mass is 244 g/mol. The summed E-state index contributed by atoms with van der Waals surface area (Å²) in [6, 6.07) is 8.76. The van der Waals surface area contributed by atoms with Crippen molar-refractivity contribution in [3.63, 3.8) is 0 Å². The fourth-order valence-corrected chi connectivity index (χ4v) is 1.62. The summed E-state index contributed by atoms with van der Waals surface area (Å²) in [4.78, 5) is 22.2. The van der Waals surface area contributed by atoms with Gasteiger partial charge in [0, 0.05) is 12.3 Å². The van der Waals surface area contributed by atoms with Gasteiger partial charge in [-0.3, -0.25) is 4.79 Å². The molecule has 0 radical (unpaired) electrons. The Hall–Kier alpha value is -2.43. The molecule has 0 atom stereocenters. The third kappa shape index (κ3) is 2.29. The number of carboxylic acids is 1. The van der Waals surface area contributed by atoms with Gasteiger partial charge in [0.25, 0.3) is 0 Å². The summed E-state index contributed by atoms with van der Waals surface area (Å²) in [6.45, 7) is 2.03. The molecule has 92 valence electrons. The Balaban J connectivity index is 2.54. The lowest BCUT2D eigenvalue weighted by atomic mass is 10.1. The van der Waals surface area contributed by atoms with Gasteiger partial charge in [0.05, 0.1) is 5.69 Å². The molecule has 0 spiro atoms. The summed E-state index contributed by atoms with van der Waals surface area (Å²) in [6.07, 6.45) is 2.34. The van der Waals surface area contributed by atoms with E-state index in [2.05, 4.69) is 5.10 Å². The number of benzene rings is 1. The van der Waals surface area contributed by atoms with Crippen LogP contribution in [0.5, 0.6) is 0 Å². The van der Waals surface area contributed by atoms with Crippen LogP contribution in [-0.4, -0.2) is 20.9 Å². The van der Waals surface area contributed by atoms with Crippen molar-refractivity contribution in [2.75, 3.05) is 0 Å². The van der Waals surface area contributed by atoms with E-state index in [-0.39, 0.29) is 0 Å². The van der Waals surface area contributed by atoms with Crippen molar-refractivity contribution in [3.05, 3.63) is 58.0 Å². The number of carboxylic acid groups (broad SMARTS) is 1. The molecule has 1 N–H and O–H groups in total. The van der Waals surface area contributed by atoms with Crippen LogP contribution in [-0.2, 0) is 6.42 Å². The number of rotatable bonds is 3. The first-order valence-electron chi connectivity index (χ1n) is 5.54. The second-order valence-corrected chi connectivity index (χ2v) is 3.80. The maximum Gasteiger partial charge on any atom is 0.360 e. The highest BCUT2D eigenvalue weighted by molar-refractivity contribution is 5.84. The highest BCUT2D eigenvalue weighted by atomic mass is 16.4. The maximum absolute atomic E-state index is 11.3. The Morgan fingerprint density at radius 3 is 2.83 bits per heavy atom. The molecule has 0 aliphatic rings. The van der Waals surface area contributed by atoms with Crippen LogP contribution < -0.4 is 5.43 Å². The molecule has 0 bridgehead atoms. The molecular weight excluding hydrogens is 232 g/mol. The molecule has 1 heterocycles. The molecule has 5 nitrogen and oxygen atoms in total. The highest BCUT2D eigenvalue weighted by Gasteiger charge is 2.11. The quantitative estimate of drug-likeness (QED) is 0.887. The lowest BCUT2D eigenvalue weighted by Gasteiger charge is -2.07. The average Bonchev–Trinajstić information content (AvgIpc) is 2.39. The number of carbonyl (C=O) groups is 1. The Labute approximate surface area is 103 Å². The minimum Gasteiger partial charge on any atom is -0.476 e. The largest absolute Gasteiger partial charge is 0.476 e. The van der Waals surface area contributed by atoms with Crippen molar-refractivity contribution in [1.82, 2.24) is 9.78 Å². The molecule has 0 fully saturated rings. The Kier molecular flexibility index (Phi) is 3.23. The van der Waals surface area contributed by atoms with Crippen LogP contribution in [0.1, 0.15) is 23.0 Å². The van der Waals surface area contributed by atoms with E-state index in [1.165, 1.54) is 16.9 Å². The van der Waals surface area contributed by atoms with Gasteiger partial charge in [-0.25, -0.2) is 9.48 Å². The second kappa shape index (κ2) is 4.83. The lowest BCUT2D eigenvalue weighted by Crippen LogP contribution is -2.20. The molecule has 0 amide bonds. The molecule has 1 aromatic carbocycles. The van der Waals surface area contributed by atoms with Crippen LogP contribution in [0.2, 0.25) is 0 Å². The van der Waals surface area contributed by atoms with E-state index in [1.54, 1.807) is 0 Å². The summed E-state index contributed by atoms with van der Waals surface area (Å²) in [5.74, 6) is -1.32. The number of hydrogen-bond acceptors (Lipinski definition) is 3. The van der Waals surface area contributed by atoms with Crippen molar-refractivity contribution in [2.45, 2.75) is 13.3 Å². The van der Waals surface area contributed by atoms with E-state index in [4.69, 9.17) is 5.11 Å². The zero-order chi connectivity index (χ0) is 13.1. The predicted molar refractivity (Wildman–Crippen MR) is 66.2 cm³/mol. The zero-order valence-electron chi connectivity index (χ0n) is 9.83. The van der Waals surface area contributed by atoms with Crippen LogP contribution in [0.4, 0.5) is 0 Å². The number of hydrogen-bond donors (Lipinski definition) is 1. The fourth-order valence-electron chi connectivity index (χ4n) is 1.62. The van der Waals surface area contributed by atoms with E-state index in [1.807, 2.05) is 31.2 Å². The van der Waals surface area contributed by atoms with E-state index >= 15 is 0 Å². The summed E-state index contributed by atoms with van der Waals surface area (Å²) >= 11 is 0. The standard InChI is InChI=1S/C13H12N2O3/c1-2-9-4-3-5-10(8-9)15-7-6-11(16)12(14-15)13(17)18/h3-8H,2H2,1H3,(H,17,18). The molecule has 0 unspecified atom stereocenters. The first-order valence-corrected chi connectivity index (χ1v) is 5.54. The minimum atomic E-state index is -1.32. The van der Waals surface area contributed by atoms with Gasteiger partial charge in [0.15, 0.2) is 0 Å². The van der Waals surface area contributed by atoms with Crippen LogP contribution in [0.3, 0.4) is 0 Å². The predicted octanol–water partition coefficient (Wildman–Crippen LogP) is 1.49. The molecule has 1 aromatic heterocycles. The van der Waals surface area contributed by atoms with Gasteiger partial charge in [0.2, 0.25) is 11.1 Å². The van der Waals surface area contributed by atoms with Gasteiger partial charge in [-0.15, -0.1) is 0 Å². The minimum absolute atomic E-state index is 0.473. The second-order valence-electron chi connectivity index (χ2n) is 3.80. The molecular formula is C13H12N2O3. The van der Waals surface area contributed by atoms with Crippen LogP contribution in [0.25, 0.3) is 5.69 Å². The first kappa shape index (κ1) is 12.0. The van der Waals surface area contributed by atoms with Gasteiger partial charge in [-0.05, 0) is 24.1 Å². The van der Waals surface area contributed by atoms with Gasteiger partial charge in [-0.1, -0.05) is 19.1 Å². The molecule has 5 heteroatoms. The molecule has 2 rings (SSSR count). The van der Waals surface area contributed by atoms with E-state index in [9.17, 15) is 9.59 Å². The topological polar surface area (TPSA) is 72.2 Å². The Bertz CT molecular complexity index is 647. The summed E-state index contributed by atoms with van der Waals surface area (Å²) in [5.41, 5.74) is 0.784. The first-order chi connectivity index (χ1) is 8.61. The molecule has 0 saturated carbocycles. The van der Waals surface area contributed by atoms with Gasteiger partial charge in [0.1, 0.15) is 0 Å². The number of nitrogens with zero attached hydrogens (tertiary/aromatic N) is 2. The molecule has 0 saturated heterocycles. The van der Waals surface area contributed by atoms with Gasteiger partial charge < -0.3 is 5.11 Å². The summed E-state index contributed by atoms with van der Waals surface area (Å²) in [5, 5.41) is 12.7. The highest BCUT2D eigenvalue weighted by Crippen LogP contribution is 2.09. The van der Waals surface area contributed by atoms with E-state index < -0.39 is 17.1 Å². The SMILES string of the molecule is CCc1cccc(-n2ccc(=O)c(C(=O)O)n2)c1. The van der Waals surface area contributed by atoms with Crippen LogP contribution in [0.15, 0.2) is 41.3 Å². The molecule has 0 aliphatic heterocycles. The Morgan fingerprint density at radius 1 is 1.39 bits per heavy atom. The zero-order valence-corrected chi connectivity index (χ0v) is 9.83. The summed E-state index contributed by atoms with van der Waals surface area (Å²) < 4.78 is 1.39. The average molecular weight is 244 g/mol. The number of aromatic nitrogens is 2. The van der Waals surface area contributed by atoms with Crippen molar-refractivity contribution in [1.29, 1.82) is 0 Å². The van der Waals surface area contributed by atoms with Crippen molar-refractivity contribution in [3.8, 4) is 5.69 Å². The normalized spacial score (nSPS) is 10.3. The third-order valence-corrected chi connectivity index (χ3v) is 2.59. The molecule has 0 aliphatic carbocycles. The van der Waals surface area contributed by atoms with Crippen molar-refractivity contribution < 1.29 is 9.90 Å². The molecule has 18 heavy (non-hydrogen) atoms. The van der Waals surface area contributed by atoms with E-state index in [0.717, 1.165) is 17.7 Å². The number of aryl methyl sites for hydroxylation is 1. The maximum atomic E-state index is 11.3. The van der Waals surface area contributed by atoms with Crippen LogP contribution in [0, 0.1) is 0 Å². The van der Waals surface area contributed by atoms with Gasteiger partial charge in [-0.2, -0.15) is 5.10 Å². The lowest BCUT2D eigenvalue weighted by molar-refractivity contribution is 0.0687. The van der Waals surface area contributed by atoms with Crippen molar-refractivity contribution in [2.24, 2.45) is 0 Å².